The van der Waals surface area contributed by atoms with Crippen molar-refractivity contribution < 1.29 is 4.79 Å². The van der Waals surface area contributed by atoms with Gasteiger partial charge in [0.15, 0.2) is 0 Å². The Morgan fingerprint density at radius 3 is 3.11 bits per heavy atom. The van der Waals surface area contributed by atoms with Crippen LogP contribution in [0, 0.1) is 0 Å². The number of rotatable bonds is 3. The third-order valence-corrected chi connectivity index (χ3v) is 4.26. The average Bonchev–Trinajstić information content (AvgIpc) is 2.97. The van der Waals surface area contributed by atoms with Crippen molar-refractivity contribution in [1.82, 2.24) is 10.6 Å². The third kappa shape index (κ3) is 2.69. The number of amides is 1. The van der Waals surface area contributed by atoms with Gasteiger partial charge in [-0.05, 0) is 41.6 Å². The van der Waals surface area contributed by atoms with E-state index >= 15 is 0 Å². The summed E-state index contributed by atoms with van der Waals surface area (Å²) < 4.78 is 0. The van der Waals surface area contributed by atoms with E-state index in [1.807, 2.05) is 29.6 Å². The molecule has 4 heteroatoms. The van der Waals surface area contributed by atoms with Crippen LogP contribution in [0.3, 0.4) is 0 Å². The number of hydrogen-bond acceptors (Lipinski definition) is 3. The molecule has 1 aliphatic heterocycles. The fourth-order valence-corrected chi connectivity index (χ4v) is 3.07. The van der Waals surface area contributed by atoms with E-state index in [-0.39, 0.29) is 5.91 Å². The SMILES string of the molecule is O=C(NCc1cccs1)c1cccc2c1CCNC2. The Morgan fingerprint density at radius 1 is 1.32 bits per heavy atom. The minimum Gasteiger partial charge on any atom is -0.347 e. The standard InChI is InChI=1S/C15H16N2OS/c18-15(17-10-12-4-2-8-19-12)14-5-1-3-11-9-16-7-6-13(11)14/h1-5,8,16H,6-7,9-10H2,(H,17,18). The predicted molar refractivity (Wildman–Crippen MR) is 77.3 cm³/mol. The maximum atomic E-state index is 12.3. The molecule has 0 atom stereocenters. The van der Waals surface area contributed by atoms with Crippen LogP contribution in [0.15, 0.2) is 35.7 Å². The van der Waals surface area contributed by atoms with Crippen molar-refractivity contribution in [2.75, 3.05) is 6.54 Å². The second kappa shape index (κ2) is 5.55. The van der Waals surface area contributed by atoms with Crippen LogP contribution >= 0.6 is 11.3 Å². The highest BCUT2D eigenvalue weighted by Crippen LogP contribution is 2.19. The zero-order valence-electron chi connectivity index (χ0n) is 10.6. The lowest BCUT2D eigenvalue weighted by atomic mass is 9.95. The van der Waals surface area contributed by atoms with Crippen molar-refractivity contribution in [2.24, 2.45) is 0 Å². The van der Waals surface area contributed by atoms with Gasteiger partial charge in [-0.1, -0.05) is 18.2 Å². The summed E-state index contributed by atoms with van der Waals surface area (Å²) in [4.78, 5) is 13.5. The van der Waals surface area contributed by atoms with Crippen molar-refractivity contribution in [2.45, 2.75) is 19.5 Å². The molecule has 0 spiro atoms. The normalized spacial score (nSPS) is 13.9. The van der Waals surface area contributed by atoms with Crippen LogP contribution in [0.25, 0.3) is 0 Å². The summed E-state index contributed by atoms with van der Waals surface area (Å²) in [5.41, 5.74) is 3.27. The fraction of sp³-hybridized carbons (Fsp3) is 0.267. The molecule has 98 valence electrons. The van der Waals surface area contributed by atoms with E-state index in [4.69, 9.17) is 0 Å². The largest absolute Gasteiger partial charge is 0.347 e. The molecule has 0 radical (unpaired) electrons. The summed E-state index contributed by atoms with van der Waals surface area (Å²) in [5, 5.41) is 8.36. The molecular weight excluding hydrogens is 256 g/mol. The lowest BCUT2D eigenvalue weighted by molar-refractivity contribution is 0.0950. The van der Waals surface area contributed by atoms with Crippen LogP contribution in [0.2, 0.25) is 0 Å². The summed E-state index contributed by atoms with van der Waals surface area (Å²) in [6, 6.07) is 10.0. The van der Waals surface area contributed by atoms with Crippen molar-refractivity contribution >= 4 is 17.2 Å². The third-order valence-electron chi connectivity index (χ3n) is 3.39. The first-order valence-corrected chi connectivity index (χ1v) is 7.34. The highest BCUT2D eigenvalue weighted by Gasteiger charge is 2.16. The van der Waals surface area contributed by atoms with Crippen LogP contribution in [0.1, 0.15) is 26.4 Å². The number of nitrogens with one attached hydrogen (secondary N) is 2. The van der Waals surface area contributed by atoms with Crippen molar-refractivity contribution in [3.05, 3.63) is 57.3 Å². The Morgan fingerprint density at radius 2 is 2.26 bits per heavy atom. The monoisotopic (exact) mass is 272 g/mol. The molecule has 0 unspecified atom stereocenters. The van der Waals surface area contributed by atoms with E-state index in [9.17, 15) is 4.79 Å². The van der Waals surface area contributed by atoms with E-state index in [0.717, 1.165) is 25.1 Å². The Labute approximate surface area is 116 Å². The van der Waals surface area contributed by atoms with E-state index in [1.165, 1.54) is 16.0 Å². The van der Waals surface area contributed by atoms with Gasteiger partial charge in [0.1, 0.15) is 0 Å². The second-order valence-electron chi connectivity index (χ2n) is 4.63. The summed E-state index contributed by atoms with van der Waals surface area (Å²) in [6.45, 7) is 2.42. The number of benzene rings is 1. The van der Waals surface area contributed by atoms with E-state index < -0.39 is 0 Å². The first kappa shape index (κ1) is 12.4. The van der Waals surface area contributed by atoms with Crippen LogP contribution < -0.4 is 10.6 Å². The Bertz CT molecular complexity index is 578. The molecular formula is C15H16N2OS. The quantitative estimate of drug-likeness (QED) is 0.900. The number of carbonyl (C=O) groups is 1. The van der Waals surface area contributed by atoms with Gasteiger partial charge < -0.3 is 10.6 Å². The number of hydrogen-bond donors (Lipinski definition) is 2. The first-order valence-electron chi connectivity index (χ1n) is 6.46. The molecule has 19 heavy (non-hydrogen) atoms. The topological polar surface area (TPSA) is 41.1 Å². The van der Waals surface area contributed by atoms with Gasteiger partial charge in [0.05, 0.1) is 6.54 Å². The zero-order valence-corrected chi connectivity index (χ0v) is 11.4. The van der Waals surface area contributed by atoms with Crippen molar-refractivity contribution in [1.29, 1.82) is 0 Å². The maximum absolute atomic E-state index is 12.3. The number of fused-ring (bicyclic) bond motifs is 1. The smallest absolute Gasteiger partial charge is 0.251 e. The molecule has 0 saturated carbocycles. The molecule has 1 amide bonds. The second-order valence-corrected chi connectivity index (χ2v) is 5.66. The van der Waals surface area contributed by atoms with Crippen molar-refractivity contribution in [3.8, 4) is 0 Å². The van der Waals surface area contributed by atoms with Crippen LogP contribution in [-0.4, -0.2) is 12.5 Å². The molecule has 3 nitrogen and oxygen atoms in total. The van der Waals surface area contributed by atoms with Crippen LogP contribution in [0.4, 0.5) is 0 Å². The molecule has 1 aromatic heterocycles. The highest BCUT2D eigenvalue weighted by atomic mass is 32.1. The fourth-order valence-electron chi connectivity index (χ4n) is 2.42. The minimum atomic E-state index is 0.0344. The molecule has 2 heterocycles. The highest BCUT2D eigenvalue weighted by molar-refractivity contribution is 7.09. The van der Waals surface area contributed by atoms with E-state index in [2.05, 4.69) is 16.7 Å². The van der Waals surface area contributed by atoms with Gasteiger partial charge in [-0.3, -0.25) is 4.79 Å². The van der Waals surface area contributed by atoms with Gasteiger partial charge >= 0.3 is 0 Å². The molecule has 0 saturated heterocycles. The maximum Gasteiger partial charge on any atom is 0.251 e. The molecule has 0 fully saturated rings. The van der Waals surface area contributed by atoms with Gasteiger partial charge in [0.2, 0.25) is 0 Å². The average molecular weight is 272 g/mol. The summed E-state index contributed by atoms with van der Waals surface area (Å²) in [6.07, 6.45) is 0.929. The summed E-state index contributed by atoms with van der Waals surface area (Å²) >= 11 is 1.66. The minimum absolute atomic E-state index is 0.0344. The van der Waals surface area contributed by atoms with Gasteiger partial charge in [0, 0.05) is 17.0 Å². The Hall–Kier alpha value is -1.65. The number of thiophene rings is 1. The van der Waals surface area contributed by atoms with E-state index in [0.29, 0.717) is 6.54 Å². The summed E-state index contributed by atoms with van der Waals surface area (Å²) in [7, 11) is 0. The lowest BCUT2D eigenvalue weighted by Crippen LogP contribution is -2.29. The van der Waals surface area contributed by atoms with E-state index in [1.54, 1.807) is 11.3 Å². The first-order chi connectivity index (χ1) is 9.34. The molecule has 1 aromatic carbocycles. The van der Waals surface area contributed by atoms with Gasteiger partial charge in [-0.2, -0.15) is 0 Å². The zero-order chi connectivity index (χ0) is 13.1. The molecule has 0 aliphatic carbocycles. The van der Waals surface area contributed by atoms with Gasteiger partial charge in [-0.15, -0.1) is 11.3 Å². The molecule has 1 aliphatic rings. The Kier molecular flexibility index (Phi) is 3.62. The van der Waals surface area contributed by atoms with Crippen LogP contribution in [0.5, 0.6) is 0 Å². The predicted octanol–water partition coefficient (Wildman–Crippen LogP) is 2.32. The van der Waals surface area contributed by atoms with Gasteiger partial charge in [0.25, 0.3) is 5.91 Å². The molecule has 3 rings (SSSR count). The van der Waals surface area contributed by atoms with Crippen LogP contribution in [-0.2, 0) is 19.5 Å². The summed E-state index contributed by atoms with van der Waals surface area (Å²) in [5.74, 6) is 0.0344. The van der Waals surface area contributed by atoms with Gasteiger partial charge in [-0.25, -0.2) is 0 Å². The van der Waals surface area contributed by atoms with Crippen molar-refractivity contribution in [3.63, 3.8) is 0 Å². The number of carbonyl (C=O) groups excluding carboxylic acids is 1. The molecule has 2 aromatic rings. The molecule has 0 bridgehead atoms. The lowest BCUT2D eigenvalue weighted by Gasteiger charge is -2.19. The molecule has 2 N–H and O–H groups in total. The Balaban J connectivity index is 1.76.